The van der Waals surface area contributed by atoms with Crippen molar-refractivity contribution in [3.05, 3.63) is 36.2 Å². The highest BCUT2D eigenvalue weighted by Crippen LogP contribution is 2.19. The lowest BCUT2D eigenvalue weighted by atomic mass is 10.2. The molecule has 0 saturated heterocycles. The average molecular weight is 243 g/mol. The van der Waals surface area contributed by atoms with Crippen molar-refractivity contribution in [2.24, 2.45) is 0 Å². The van der Waals surface area contributed by atoms with Crippen LogP contribution in [0.25, 0.3) is 11.5 Å². The van der Waals surface area contributed by atoms with E-state index in [9.17, 15) is 4.79 Å². The number of carbonyl (C=O) groups excluding carboxylic acids is 1. The Morgan fingerprint density at radius 3 is 2.78 bits per heavy atom. The molecule has 18 heavy (non-hydrogen) atoms. The summed E-state index contributed by atoms with van der Waals surface area (Å²) in [5.41, 5.74) is 0.860. The van der Waals surface area contributed by atoms with Gasteiger partial charge in [0, 0.05) is 11.6 Å². The Morgan fingerprint density at radius 2 is 2.06 bits per heavy atom. The molecule has 2 aromatic rings. The lowest BCUT2D eigenvalue weighted by Crippen LogP contribution is -2.27. The molecule has 0 unspecified atom stereocenters. The molecule has 3 rings (SSSR count). The van der Waals surface area contributed by atoms with Crippen LogP contribution in [0.2, 0.25) is 0 Å². The standard InChI is InChI=1S/C13H13N3O2/c17-11(14-10-6-7-10)8-12-15-16-13(18-12)9-4-2-1-3-5-9/h1-5,10H,6-8H2,(H,14,17). The van der Waals surface area contributed by atoms with Crippen LogP contribution in [-0.2, 0) is 11.2 Å². The van der Waals surface area contributed by atoms with E-state index in [0.29, 0.717) is 17.8 Å². The highest BCUT2D eigenvalue weighted by molar-refractivity contribution is 5.78. The SMILES string of the molecule is O=C(Cc1nnc(-c2ccccc2)o1)NC1CC1. The molecule has 1 aliphatic rings. The molecule has 1 amide bonds. The molecule has 0 atom stereocenters. The van der Waals surface area contributed by atoms with Crippen molar-refractivity contribution in [1.29, 1.82) is 0 Å². The van der Waals surface area contributed by atoms with Gasteiger partial charge in [0.05, 0.1) is 0 Å². The number of benzene rings is 1. The van der Waals surface area contributed by atoms with Gasteiger partial charge in [-0.1, -0.05) is 18.2 Å². The summed E-state index contributed by atoms with van der Waals surface area (Å²) >= 11 is 0. The third-order valence-corrected chi connectivity index (χ3v) is 2.74. The van der Waals surface area contributed by atoms with E-state index in [1.54, 1.807) is 0 Å². The second-order valence-electron chi connectivity index (χ2n) is 4.39. The maximum Gasteiger partial charge on any atom is 0.247 e. The number of amides is 1. The van der Waals surface area contributed by atoms with Gasteiger partial charge in [0.25, 0.3) is 0 Å². The smallest absolute Gasteiger partial charge is 0.247 e. The van der Waals surface area contributed by atoms with Crippen LogP contribution in [0.5, 0.6) is 0 Å². The van der Waals surface area contributed by atoms with Crippen molar-refractivity contribution in [3.8, 4) is 11.5 Å². The molecule has 1 aliphatic carbocycles. The fourth-order valence-electron chi connectivity index (χ4n) is 1.67. The van der Waals surface area contributed by atoms with Gasteiger partial charge in [-0.15, -0.1) is 10.2 Å². The molecule has 0 aliphatic heterocycles. The maximum absolute atomic E-state index is 11.6. The second kappa shape index (κ2) is 4.60. The number of nitrogens with zero attached hydrogens (tertiary/aromatic N) is 2. The summed E-state index contributed by atoms with van der Waals surface area (Å²) in [6.45, 7) is 0. The summed E-state index contributed by atoms with van der Waals surface area (Å²) in [5, 5.41) is 10.7. The fourth-order valence-corrected chi connectivity index (χ4v) is 1.67. The van der Waals surface area contributed by atoms with Crippen molar-refractivity contribution >= 4 is 5.91 Å². The zero-order valence-corrected chi connectivity index (χ0v) is 9.80. The molecule has 5 nitrogen and oxygen atoms in total. The lowest BCUT2D eigenvalue weighted by Gasteiger charge is -1.98. The maximum atomic E-state index is 11.6. The molecule has 1 N–H and O–H groups in total. The van der Waals surface area contributed by atoms with Gasteiger partial charge in [0.1, 0.15) is 6.42 Å². The summed E-state index contributed by atoms with van der Waals surface area (Å²) < 4.78 is 5.46. The zero-order valence-electron chi connectivity index (χ0n) is 9.80. The van der Waals surface area contributed by atoms with E-state index in [1.807, 2.05) is 30.3 Å². The predicted molar refractivity (Wildman–Crippen MR) is 64.6 cm³/mol. The van der Waals surface area contributed by atoms with Crippen LogP contribution in [0.15, 0.2) is 34.7 Å². The molecule has 0 spiro atoms. The molecule has 1 heterocycles. The molecule has 1 saturated carbocycles. The van der Waals surface area contributed by atoms with Crippen LogP contribution >= 0.6 is 0 Å². The highest BCUT2D eigenvalue weighted by Gasteiger charge is 2.24. The Morgan fingerprint density at radius 1 is 1.28 bits per heavy atom. The van der Waals surface area contributed by atoms with Crippen molar-refractivity contribution in [1.82, 2.24) is 15.5 Å². The van der Waals surface area contributed by atoms with Crippen LogP contribution in [0.4, 0.5) is 0 Å². The van der Waals surface area contributed by atoms with Gasteiger partial charge < -0.3 is 9.73 Å². The summed E-state index contributed by atoms with van der Waals surface area (Å²) in [6.07, 6.45) is 2.30. The summed E-state index contributed by atoms with van der Waals surface area (Å²) in [6, 6.07) is 9.86. The first kappa shape index (κ1) is 11.0. The third-order valence-electron chi connectivity index (χ3n) is 2.74. The number of aromatic nitrogens is 2. The number of nitrogens with one attached hydrogen (secondary N) is 1. The number of rotatable bonds is 4. The molecular weight excluding hydrogens is 230 g/mol. The monoisotopic (exact) mass is 243 g/mol. The van der Waals surface area contributed by atoms with E-state index in [-0.39, 0.29) is 12.3 Å². The minimum atomic E-state index is -0.0549. The summed E-state index contributed by atoms with van der Waals surface area (Å²) in [4.78, 5) is 11.6. The lowest BCUT2D eigenvalue weighted by molar-refractivity contribution is -0.120. The molecule has 0 radical (unpaired) electrons. The van der Waals surface area contributed by atoms with Gasteiger partial charge in [0.15, 0.2) is 0 Å². The van der Waals surface area contributed by atoms with Crippen molar-refractivity contribution in [3.63, 3.8) is 0 Å². The summed E-state index contributed by atoms with van der Waals surface area (Å²) in [7, 11) is 0. The largest absolute Gasteiger partial charge is 0.420 e. The minimum Gasteiger partial charge on any atom is -0.420 e. The first-order valence-corrected chi connectivity index (χ1v) is 5.98. The van der Waals surface area contributed by atoms with Crippen LogP contribution < -0.4 is 5.32 Å². The quantitative estimate of drug-likeness (QED) is 0.884. The van der Waals surface area contributed by atoms with E-state index in [4.69, 9.17) is 4.42 Å². The predicted octanol–water partition coefficient (Wildman–Crippen LogP) is 1.56. The van der Waals surface area contributed by atoms with Crippen molar-refractivity contribution in [2.75, 3.05) is 0 Å². The topological polar surface area (TPSA) is 68.0 Å². The normalized spacial score (nSPS) is 14.4. The van der Waals surface area contributed by atoms with Gasteiger partial charge in [-0.25, -0.2) is 0 Å². The van der Waals surface area contributed by atoms with Crippen LogP contribution in [-0.4, -0.2) is 22.1 Å². The molecular formula is C13H13N3O2. The highest BCUT2D eigenvalue weighted by atomic mass is 16.4. The Labute approximate surface area is 104 Å². The fraction of sp³-hybridized carbons (Fsp3) is 0.308. The first-order valence-electron chi connectivity index (χ1n) is 5.98. The molecule has 0 bridgehead atoms. The first-order chi connectivity index (χ1) is 8.81. The van der Waals surface area contributed by atoms with Gasteiger partial charge >= 0.3 is 0 Å². The van der Waals surface area contributed by atoms with Gasteiger partial charge in [-0.05, 0) is 25.0 Å². The number of carbonyl (C=O) groups is 1. The van der Waals surface area contributed by atoms with Gasteiger partial charge in [-0.2, -0.15) is 0 Å². The summed E-state index contributed by atoms with van der Waals surface area (Å²) in [5.74, 6) is 0.748. The molecule has 1 aromatic heterocycles. The number of hydrogen-bond acceptors (Lipinski definition) is 4. The Hall–Kier alpha value is -2.17. The number of hydrogen-bond donors (Lipinski definition) is 1. The molecule has 1 aromatic carbocycles. The van der Waals surface area contributed by atoms with E-state index >= 15 is 0 Å². The molecule has 1 fully saturated rings. The van der Waals surface area contributed by atoms with E-state index in [2.05, 4.69) is 15.5 Å². The zero-order chi connectivity index (χ0) is 12.4. The van der Waals surface area contributed by atoms with E-state index < -0.39 is 0 Å². The van der Waals surface area contributed by atoms with Crippen molar-refractivity contribution < 1.29 is 9.21 Å². The van der Waals surface area contributed by atoms with E-state index in [1.165, 1.54) is 0 Å². The van der Waals surface area contributed by atoms with Gasteiger partial charge in [0.2, 0.25) is 17.7 Å². The van der Waals surface area contributed by atoms with Crippen LogP contribution in [0.1, 0.15) is 18.7 Å². The molecule has 5 heteroatoms. The Kier molecular flexibility index (Phi) is 2.80. The molecule has 92 valence electrons. The third kappa shape index (κ3) is 2.56. The minimum absolute atomic E-state index is 0.0549. The Balaban J connectivity index is 1.67. The van der Waals surface area contributed by atoms with Crippen LogP contribution in [0, 0.1) is 0 Å². The average Bonchev–Trinajstić information content (AvgIpc) is 3.06. The second-order valence-corrected chi connectivity index (χ2v) is 4.39. The van der Waals surface area contributed by atoms with E-state index in [0.717, 1.165) is 18.4 Å². The van der Waals surface area contributed by atoms with Crippen LogP contribution in [0.3, 0.4) is 0 Å². The Bertz CT molecular complexity index is 546. The van der Waals surface area contributed by atoms with Crippen molar-refractivity contribution in [2.45, 2.75) is 25.3 Å². The van der Waals surface area contributed by atoms with Gasteiger partial charge in [-0.3, -0.25) is 4.79 Å².